The van der Waals surface area contributed by atoms with Crippen LogP contribution in [0.25, 0.3) is 0 Å². The molecule has 1 heterocycles. The van der Waals surface area contributed by atoms with Crippen LogP contribution in [0.15, 0.2) is 6.07 Å². The largest absolute Gasteiger partial charge is 0.477 e. The van der Waals surface area contributed by atoms with Gasteiger partial charge in [0.05, 0.1) is 11.6 Å². The fourth-order valence-electron chi connectivity index (χ4n) is 1.36. The first-order valence-corrected chi connectivity index (χ1v) is 6.67. The molecular weight excluding hydrogens is 259 g/mol. The molecule has 1 rings (SSSR count). The van der Waals surface area contributed by atoms with Gasteiger partial charge in [-0.15, -0.1) is 0 Å². The zero-order chi connectivity index (χ0) is 12.7. The molecule has 0 radical (unpaired) electrons. The number of rotatable bonds is 7. The van der Waals surface area contributed by atoms with Crippen LogP contribution in [-0.4, -0.2) is 18.1 Å². The van der Waals surface area contributed by atoms with Gasteiger partial charge in [0, 0.05) is 6.54 Å². The summed E-state index contributed by atoms with van der Waals surface area (Å²) in [5.41, 5.74) is 0. The van der Waals surface area contributed by atoms with E-state index in [4.69, 9.17) is 27.9 Å². The zero-order valence-electron chi connectivity index (χ0n) is 10.2. The molecule has 1 aromatic heterocycles. The molecule has 17 heavy (non-hydrogen) atoms. The van der Waals surface area contributed by atoms with Crippen LogP contribution in [0.1, 0.15) is 33.1 Å². The summed E-state index contributed by atoms with van der Waals surface area (Å²) in [4.78, 5) is 4.26. The van der Waals surface area contributed by atoms with Crippen LogP contribution < -0.4 is 10.1 Å². The Morgan fingerprint density at radius 2 is 2.00 bits per heavy atom. The Kier molecular flexibility index (Phi) is 6.45. The van der Waals surface area contributed by atoms with Crippen molar-refractivity contribution in [3.8, 4) is 5.88 Å². The van der Waals surface area contributed by atoms with Gasteiger partial charge in [0.15, 0.2) is 0 Å². The fraction of sp³-hybridized carbons (Fsp3) is 0.583. The van der Waals surface area contributed by atoms with Crippen molar-refractivity contribution in [2.75, 3.05) is 18.5 Å². The van der Waals surface area contributed by atoms with Crippen LogP contribution in [0, 0.1) is 0 Å². The van der Waals surface area contributed by atoms with Crippen molar-refractivity contribution in [1.29, 1.82) is 0 Å². The van der Waals surface area contributed by atoms with Crippen molar-refractivity contribution < 1.29 is 4.74 Å². The molecule has 0 aliphatic carbocycles. The number of pyridine rings is 1. The number of nitrogens with zero attached hydrogens (tertiary/aromatic N) is 1. The van der Waals surface area contributed by atoms with E-state index >= 15 is 0 Å². The summed E-state index contributed by atoms with van der Waals surface area (Å²) in [5, 5.41) is 4.03. The van der Waals surface area contributed by atoms with E-state index in [0.717, 1.165) is 25.8 Å². The van der Waals surface area contributed by atoms with Crippen molar-refractivity contribution in [2.24, 2.45) is 0 Å². The van der Waals surface area contributed by atoms with Gasteiger partial charge in [-0.2, -0.15) is 4.98 Å². The molecular formula is C12H18Cl2N2O. The molecule has 5 heteroatoms. The molecule has 96 valence electrons. The van der Waals surface area contributed by atoms with E-state index in [1.54, 1.807) is 6.07 Å². The smallest absolute Gasteiger partial charge is 0.234 e. The minimum atomic E-state index is 0.447. The van der Waals surface area contributed by atoms with E-state index in [1.165, 1.54) is 0 Å². The summed E-state index contributed by atoms with van der Waals surface area (Å²) in [5.74, 6) is 1.06. The van der Waals surface area contributed by atoms with Crippen LogP contribution in [0.4, 0.5) is 5.82 Å². The molecule has 0 aliphatic heterocycles. The quantitative estimate of drug-likeness (QED) is 0.750. The molecule has 3 nitrogen and oxygen atoms in total. The molecule has 0 unspecified atom stereocenters. The molecule has 1 aromatic rings. The van der Waals surface area contributed by atoms with Crippen molar-refractivity contribution in [3.63, 3.8) is 0 Å². The first-order chi connectivity index (χ1) is 8.19. The van der Waals surface area contributed by atoms with Gasteiger partial charge >= 0.3 is 0 Å². The second-order valence-electron chi connectivity index (χ2n) is 3.69. The van der Waals surface area contributed by atoms with Crippen molar-refractivity contribution in [3.05, 3.63) is 16.1 Å². The van der Waals surface area contributed by atoms with E-state index in [-0.39, 0.29) is 0 Å². The summed E-state index contributed by atoms with van der Waals surface area (Å²) in [6.07, 6.45) is 3.31. The SMILES string of the molecule is CCCCCOc1nc(NCC)c(Cl)cc1Cl. The maximum Gasteiger partial charge on any atom is 0.234 e. The third kappa shape index (κ3) is 4.60. The Labute approximate surface area is 112 Å². The lowest BCUT2D eigenvalue weighted by atomic mass is 10.3. The highest BCUT2D eigenvalue weighted by molar-refractivity contribution is 6.36. The predicted molar refractivity (Wildman–Crippen MR) is 73.4 cm³/mol. The normalized spacial score (nSPS) is 10.4. The lowest BCUT2D eigenvalue weighted by Crippen LogP contribution is -2.04. The van der Waals surface area contributed by atoms with E-state index in [2.05, 4.69) is 17.2 Å². The van der Waals surface area contributed by atoms with E-state index in [1.807, 2.05) is 6.92 Å². The number of halogens is 2. The van der Waals surface area contributed by atoms with Gasteiger partial charge in [-0.05, 0) is 19.4 Å². The Hall–Kier alpha value is -0.670. The summed E-state index contributed by atoms with van der Waals surface area (Å²) in [6, 6.07) is 1.66. The topological polar surface area (TPSA) is 34.1 Å². The van der Waals surface area contributed by atoms with Gasteiger partial charge < -0.3 is 10.1 Å². The highest BCUT2D eigenvalue weighted by atomic mass is 35.5. The van der Waals surface area contributed by atoms with Crippen LogP contribution in [0.5, 0.6) is 5.88 Å². The Balaban J connectivity index is 2.66. The molecule has 0 bridgehead atoms. The molecule has 0 fully saturated rings. The minimum absolute atomic E-state index is 0.447. The predicted octanol–water partition coefficient (Wildman–Crippen LogP) is 4.39. The van der Waals surface area contributed by atoms with Gasteiger partial charge in [0.2, 0.25) is 5.88 Å². The number of ether oxygens (including phenoxy) is 1. The third-order valence-corrected chi connectivity index (χ3v) is 2.79. The lowest BCUT2D eigenvalue weighted by molar-refractivity contribution is 0.295. The Bertz CT molecular complexity index is 359. The molecule has 0 aliphatic rings. The van der Waals surface area contributed by atoms with E-state index in [0.29, 0.717) is 28.3 Å². The maximum atomic E-state index is 6.01. The number of hydrogen-bond donors (Lipinski definition) is 1. The van der Waals surface area contributed by atoms with Crippen molar-refractivity contribution in [2.45, 2.75) is 33.1 Å². The molecule has 0 amide bonds. The molecule has 0 saturated heterocycles. The number of hydrogen-bond acceptors (Lipinski definition) is 3. The standard InChI is InChI=1S/C12H18Cl2N2O/c1-3-5-6-7-17-12-10(14)8-9(13)11(16-12)15-4-2/h8H,3-7H2,1-2H3,(H,15,16). The summed E-state index contributed by atoms with van der Waals surface area (Å²) >= 11 is 12.0. The lowest BCUT2D eigenvalue weighted by Gasteiger charge is -2.10. The molecule has 0 saturated carbocycles. The first-order valence-electron chi connectivity index (χ1n) is 5.91. The number of aromatic nitrogens is 1. The minimum Gasteiger partial charge on any atom is -0.477 e. The van der Waals surface area contributed by atoms with Gasteiger partial charge in [0.25, 0.3) is 0 Å². The molecule has 0 atom stereocenters. The molecule has 0 spiro atoms. The number of anilines is 1. The van der Waals surface area contributed by atoms with Crippen LogP contribution in [0.3, 0.4) is 0 Å². The van der Waals surface area contributed by atoms with Crippen LogP contribution >= 0.6 is 23.2 Å². The highest BCUT2D eigenvalue weighted by Crippen LogP contribution is 2.30. The van der Waals surface area contributed by atoms with Gasteiger partial charge in [-0.1, -0.05) is 43.0 Å². The van der Waals surface area contributed by atoms with Gasteiger partial charge in [-0.25, -0.2) is 0 Å². The second kappa shape index (κ2) is 7.62. The van der Waals surface area contributed by atoms with E-state index < -0.39 is 0 Å². The molecule has 1 N–H and O–H groups in total. The highest BCUT2D eigenvalue weighted by Gasteiger charge is 2.09. The number of unbranched alkanes of at least 4 members (excludes halogenated alkanes) is 2. The van der Waals surface area contributed by atoms with Crippen molar-refractivity contribution in [1.82, 2.24) is 4.98 Å². The summed E-state index contributed by atoms with van der Waals surface area (Å²) < 4.78 is 5.54. The summed E-state index contributed by atoms with van der Waals surface area (Å²) in [7, 11) is 0. The molecule has 0 aromatic carbocycles. The monoisotopic (exact) mass is 276 g/mol. The fourth-order valence-corrected chi connectivity index (χ4v) is 1.84. The van der Waals surface area contributed by atoms with E-state index in [9.17, 15) is 0 Å². The Morgan fingerprint density at radius 1 is 1.24 bits per heavy atom. The maximum absolute atomic E-state index is 6.01. The first kappa shape index (κ1) is 14.4. The van der Waals surface area contributed by atoms with Crippen LogP contribution in [0.2, 0.25) is 10.0 Å². The Morgan fingerprint density at radius 3 is 2.65 bits per heavy atom. The average Bonchev–Trinajstić information content (AvgIpc) is 2.30. The summed E-state index contributed by atoms with van der Waals surface area (Å²) in [6.45, 7) is 5.52. The second-order valence-corrected chi connectivity index (χ2v) is 4.51. The van der Waals surface area contributed by atoms with Crippen LogP contribution in [-0.2, 0) is 0 Å². The average molecular weight is 277 g/mol. The van der Waals surface area contributed by atoms with Gasteiger partial charge in [0.1, 0.15) is 10.8 Å². The van der Waals surface area contributed by atoms with Crippen molar-refractivity contribution >= 4 is 29.0 Å². The zero-order valence-corrected chi connectivity index (χ0v) is 11.7. The number of nitrogens with one attached hydrogen (secondary N) is 1. The van der Waals surface area contributed by atoms with Gasteiger partial charge in [-0.3, -0.25) is 0 Å². The third-order valence-electron chi connectivity index (χ3n) is 2.23.